The lowest BCUT2D eigenvalue weighted by atomic mass is 10.2. The third-order valence-corrected chi connectivity index (χ3v) is 4.39. The SMILES string of the molecule is O=C(Nc1ccccc1)NC1CC(=O)N(c2cccc3cccnc23)C1. The predicted octanol–water partition coefficient (Wildman–Crippen LogP) is 3.16. The first-order valence-corrected chi connectivity index (χ1v) is 8.47. The van der Waals surface area contributed by atoms with Crippen LogP contribution in [-0.4, -0.2) is 29.5 Å². The molecule has 1 aliphatic heterocycles. The molecule has 0 spiro atoms. The number of hydrogen-bond acceptors (Lipinski definition) is 3. The Balaban J connectivity index is 1.47. The van der Waals surface area contributed by atoms with Gasteiger partial charge in [0.05, 0.1) is 17.2 Å². The van der Waals surface area contributed by atoms with Gasteiger partial charge in [-0.3, -0.25) is 9.78 Å². The number of pyridine rings is 1. The van der Waals surface area contributed by atoms with Crippen LogP contribution in [0.5, 0.6) is 0 Å². The predicted molar refractivity (Wildman–Crippen MR) is 101 cm³/mol. The molecule has 0 saturated carbocycles. The summed E-state index contributed by atoms with van der Waals surface area (Å²) >= 11 is 0. The van der Waals surface area contributed by atoms with Crippen LogP contribution in [0.15, 0.2) is 66.9 Å². The van der Waals surface area contributed by atoms with Crippen molar-refractivity contribution in [2.75, 3.05) is 16.8 Å². The van der Waals surface area contributed by atoms with Crippen molar-refractivity contribution in [3.63, 3.8) is 0 Å². The van der Waals surface area contributed by atoms with Gasteiger partial charge in [-0.05, 0) is 24.3 Å². The van der Waals surface area contributed by atoms with Crippen molar-refractivity contribution in [3.05, 3.63) is 66.9 Å². The zero-order valence-corrected chi connectivity index (χ0v) is 14.1. The lowest BCUT2D eigenvalue weighted by Gasteiger charge is -2.18. The first kappa shape index (κ1) is 16.1. The number of hydrogen-bond donors (Lipinski definition) is 2. The van der Waals surface area contributed by atoms with Crippen molar-refractivity contribution >= 4 is 34.2 Å². The van der Waals surface area contributed by atoms with Crippen LogP contribution < -0.4 is 15.5 Å². The van der Waals surface area contributed by atoms with Gasteiger partial charge in [0.25, 0.3) is 0 Å². The molecule has 6 nitrogen and oxygen atoms in total. The van der Waals surface area contributed by atoms with Crippen molar-refractivity contribution < 1.29 is 9.59 Å². The van der Waals surface area contributed by atoms with E-state index in [9.17, 15) is 9.59 Å². The van der Waals surface area contributed by atoms with E-state index < -0.39 is 0 Å². The molecule has 2 aromatic carbocycles. The second kappa shape index (κ2) is 6.84. The lowest BCUT2D eigenvalue weighted by molar-refractivity contribution is -0.117. The molecule has 1 saturated heterocycles. The summed E-state index contributed by atoms with van der Waals surface area (Å²) in [5, 5.41) is 6.63. The molecule has 1 fully saturated rings. The molecule has 0 radical (unpaired) electrons. The smallest absolute Gasteiger partial charge is 0.319 e. The number of amides is 3. The Hall–Kier alpha value is -3.41. The molecular weight excluding hydrogens is 328 g/mol. The van der Waals surface area contributed by atoms with Gasteiger partial charge in [-0.1, -0.05) is 36.4 Å². The minimum absolute atomic E-state index is 0.0202. The van der Waals surface area contributed by atoms with E-state index in [4.69, 9.17) is 0 Å². The standard InChI is InChI=1S/C20H18N4O2/c25-18-12-16(23-20(26)22-15-8-2-1-3-9-15)13-24(18)17-10-4-6-14-7-5-11-21-19(14)17/h1-11,16H,12-13H2,(H2,22,23,26). The number of urea groups is 1. The van der Waals surface area contributed by atoms with Gasteiger partial charge < -0.3 is 15.5 Å². The monoisotopic (exact) mass is 346 g/mol. The van der Waals surface area contributed by atoms with Gasteiger partial charge in [0.15, 0.2) is 0 Å². The quantitative estimate of drug-likeness (QED) is 0.765. The Morgan fingerprint density at radius 3 is 2.69 bits per heavy atom. The maximum Gasteiger partial charge on any atom is 0.319 e. The highest BCUT2D eigenvalue weighted by Gasteiger charge is 2.32. The van der Waals surface area contributed by atoms with Crippen molar-refractivity contribution in [3.8, 4) is 0 Å². The van der Waals surface area contributed by atoms with Crippen LogP contribution in [0.1, 0.15) is 6.42 Å². The molecular formula is C20H18N4O2. The minimum Gasteiger partial charge on any atom is -0.333 e. The maximum absolute atomic E-state index is 12.5. The summed E-state index contributed by atoms with van der Waals surface area (Å²) in [5.74, 6) is -0.0202. The molecule has 1 unspecified atom stereocenters. The van der Waals surface area contributed by atoms with Gasteiger partial charge in [0.2, 0.25) is 5.91 Å². The van der Waals surface area contributed by atoms with Gasteiger partial charge >= 0.3 is 6.03 Å². The van der Waals surface area contributed by atoms with Crippen molar-refractivity contribution in [2.24, 2.45) is 0 Å². The highest BCUT2D eigenvalue weighted by molar-refractivity contribution is 6.04. The minimum atomic E-state index is -0.313. The van der Waals surface area contributed by atoms with Crippen LogP contribution in [0.2, 0.25) is 0 Å². The molecule has 26 heavy (non-hydrogen) atoms. The number of nitrogens with zero attached hydrogens (tertiary/aromatic N) is 2. The van der Waals surface area contributed by atoms with Gasteiger partial charge in [0.1, 0.15) is 0 Å². The van der Waals surface area contributed by atoms with Crippen LogP contribution in [0.4, 0.5) is 16.2 Å². The number of rotatable bonds is 3. The van der Waals surface area contributed by atoms with E-state index in [2.05, 4.69) is 15.6 Å². The Morgan fingerprint density at radius 2 is 1.85 bits per heavy atom. The molecule has 3 aromatic rings. The second-order valence-electron chi connectivity index (χ2n) is 6.22. The number of benzene rings is 2. The van der Waals surface area contributed by atoms with Gasteiger partial charge in [-0.2, -0.15) is 0 Å². The van der Waals surface area contributed by atoms with Crippen molar-refractivity contribution in [2.45, 2.75) is 12.5 Å². The Kier molecular flexibility index (Phi) is 4.23. The zero-order valence-electron chi connectivity index (χ0n) is 14.1. The van der Waals surface area contributed by atoms with E-state index in [-0.39, 0.29) is 24.4 Å². The van der Waals surface area contributed by atoms with E-state index in [1.165, 1.54) is 0 Å². The Morgan fingerprint density at radius 1 is 1.04 bits per heavy atom. The topological polar surface area (TPSA) is 74.3 Å². The average molecular weight is 346 g/mol. The summed E-state index contributed by atoms with van der Waals surface area (Å²) in [6, 6.07) is 18.3. The molecule has 1 atom stereocenters. The van der Waals surface area contributed by atoms with Gasteiger partial charge in [0, 0.05) is 30.2 Å². The van der Waals surface area contributed by atoms with Crippen LogP contribution >= 0.6 is 0 Å². The summed E-state index contributed by atoms with van der Waals surface area (Å²) in [6.45, 7) is 0.427. The zero-order chi connectivity index (χ0) is 17.9. The van der Waals surface area contributed by atoms with Crippen LogP contribution in [0.3, 0.4) is 0 Å². The second-order valence-corrected chi connectivity index (χ2v) is 6.22. The number of nitrogens with one attached hydrogen (secondary N) is 2. The fraction of sp³-hybridized carbons (Fsp3) is 0.150. The molecule has 4 rings (SSSR count). The van der Waals surface area contributed by atoms with E-state index in [1.54, 1.807) is 11.1 Å². The first-order valence-electron chi connectivity index (χ1n) is 8.47. The molecule has 130 valence electrons. The van der Waals surface area contributed by atoms with E-state index in [0.717, 1.165) is 16.6 Å². The summed E-state index contributed by atoms with van der Waals surface area (Å²) in [6.07, 6.45) is 1.99. The summed E-state index contributed by atoms with van der Waals surface area (Å²) < 4.78 is 0. The highest BCUT2D eigenvalue weighted by atomic mass is 16.2. The Labute approximate surface area is 150 Å². The number of para-hydroxylation sites is 2. The summed E-state index contributed by atoms with van der Waals surface area (Å²) in [7, 11) is 0. The first-order chi connectivity index (χ1) is 12.7. The third kappa shape index (κ3) is 3.21. The fourth-order valence-corrected chi connectivity index (χ4v) is 3.22. The molecule has 3 amide bonds. The number of aromatic nitrogens is 1. The number of anilines is 2. The molecule has 1 aliphatic rings. The largest absolute Gasteiger partial charge is 0.333 e. The molecule has 0 aliphatic carbocycles. The normalized spacial score (nSPS) is 16.7. The molecule has 2 heterocycles. The van der Waals surface area contributed by atoms with E-state index in [0.29, 0.717) is 12.2 Å². The average Bonchev–Trinajstić information content (AvgIpc) is 3.01. The third-order valence-electron chi connectivity index (χ3n) is 4.39. The molecule has 6 heteroatoms. The van der Waals surface area contributed by atoms with Crippen molar-refractivity contribution in [1.82, 2.24) is 10.3 Å². The summed E-state index contributed by atoms with van der Waals surface area (Å²) in [5.41, 5.74) is 2.28. The number of fused-ring (bicyclic) bond motifs is 1. The lowest BCUT2D eigenvalue weighted by Crippen LogP contribution is -2.39. The molecule has 2 N–H and O–H groups in total. The summed E-state index contributed by atoms with van der Waals surface area (Å²) in [4.78, 5) is 30.8. The van der Waals surface area contributed by atoms with Gasteiger partial charge in [-0.25, -0.2) is 4.79 Å². The van der Waals surface area contributed by atoms with Gasteiger partial charge in [-0.15, -0.1) is 0 Å². The van der Waals surface area contributed by atoms with Crippen molar-refractivity contribution in [1.29, 1.82) is 0 Å². The number of carbonyl (C=O) groups excluding carboxylic acids is 2. The van der Waals surface area contributed by atoms with Crippen LogP contribution in [-0.2, 0) is 4.79 Å². The van der Waals surface area contributed by atoms with E-state index >= 15 is 0 Å². The maximum atomic E-state index is 12.5. The Bertz CT molecular complexity index is 953. The van der Waals surface area contributed by atoms with Crippen LogP contribution in [0.25, 0.3) is 10.9 Å². The van der Waals surface area contributed by atoms with E-state index in [1.807, 2.05) is 60.7 Å². The molecule has 0 bridgehead atoms. The molecule has 1 aromatic heterocycles. The van der Waals surface area contributed by atoms with Crippen LogP contribution in [0, 0.1) is 0 Å². The number of carbonyl (C=O) groups is 2. The fourth-order valence-electron chi connectivity index (χ4n) is 3.22. The highest BCUT2D eigenvalue weighted by Crippen LogP contribution is 2.28.